The summed E-state index contributed by atoms with van der Waals surface area (Å²) < 4.78 is 124. The van der Waals surface area contributed by atoms with E-state index in [1.807, 2.05) is 0 Å². The first kappa shape index (κ1) is 90.4. The molecule has 0 saturated carbocycles. The van der Waals surface area contributed by atoms with Gasteiger partial charge in [-0.1, -0.05) is 51.2 Å². The number of aliphatic hydroxyl groups excluding tert-OH is 4. The number of hydrogen-bond acceptors (Lipinski definition) is 37. The van der Waals surface area contributed by atoms with Crippen LogP contribution in [0.3, 0.4) is 0 Å². The number of amides is 4. The number of phosphoric ester groups is 6. The molecule has 49 nitrogen and oxygen atoms in total. The lowest BCUT2D eigenvalue weighted by atomic mass is 9.87. The van der Waals surface area contributed by atoms with Crippen molar-refractivity contribution in [1.29, 1.82) is 0 Å². The highest BCUT2D eigenvalue weighted by Crippen LogP contribution is 2.63. The van der Waals surface area contributed by atoms with Crippen LogP contribution in [0, 0.1) is 10.8 Å². The Morgan fingerprint density at radius 3 is 1.27 bits per heavy atom. The molecule has 2 aliphatic rings. The van der Waals surface area contributed by atoms with Crippen molar-refractivity contribution < 1.29 is 166 Å². The summed E-state index contributed by atoms with van der Waals surface area (Å²) in [6.45, 7) is 3.48. The van der Waals surface area contributed by atoms with Gasteiger partial charge in [0.1, 0.15) is 78.3 Å². The number of fused-ring (bicyclic) bond motifs is 2. The number of aromatic nitrogens is 8. The maximum absolute atomic E-state index is 12.6. The van der Waals surface area contributed by atoms with Crippen molar-refractivity contribution >= 4 is 144 Å². The SMILES string of the molecule is CC(=O)CC(=O)SCCNC(=O)CCNC(=O)C(O)C(C)(C)COP(=O)(O)OP(=O)(O)OC[C@H]1O[C@@H](n2cnc3c(N)ncnc32)[C@H](O)[C@@H]1OP(=O)(O)O.CC(=O)SCCNC(=O)CCNC(=O)C(O)C(C)(C)COP(=O)(O)OP(=O)(O)OC[C@H]1O[C@@H](n2cnc3c(N)ncnc32)[C@H](O)[C@@H]1OP(=O)(O)O. The number of carbonyl (C=O) groups is 7. The van der Waals surface area contributed by atoms with Crippen molar-refractivity contribution in [2.75, 3.05) is 75.6 Å². The van der Waals surface area contributed by atoms with Crippen LogP contribution in [-0.2, 0) is 106 Å². The molecule has 4 aromatic rings. The van der Waals surface area contributed by atoms with Gasteiger partial charge in [-0.3, -0.25) is 69.8 Å². The highest BCUT2D eigenvalue weighted by molar-refractivity contribution is 8.13. The van der Waals surface area contributed by atoms with Crippen molar-refractivity contribution in [3.8, 4) is 0 Å². The van der Waals surface area contributed by atoms with Crippen molar-refractivity contribution in [3.05, 3.63) is 25.3 Å². The molecule has 14 atom stereocenters. The first-order valence-electron chi connectivity index (χ1n) is 30.0. The standard InChI is InChI=1S/C25H40N7O18P3S.C23H38N7O17P3S/c1-13(33)8-16(35)54-7-6-27-15(34)4-5-28-23(38)20(37)25(2,3)10-47-53(44,45)50-52(42,43)46-9-14-19(49-51(39,40)41)18(36)24(48-14)32-12-31-17-21(26)29-11-30-22(17)32;1-12(31)51-7-6-25-14(32)4-5-26-21(35)18(34)23(2,3)9-44-50(41,42)47-49(39,40)43-8-13-17(46-48(36,37)38)16(33)22(45-13)30-11-29-15-19(24)27-10-28-20(15)30/h11-12,14,18-20,24,36-37H,4-10H2,1-3H3,(H,27,34)(H,28,38)(H,42,43)(H,44,45)(H2,26,29,30)(H2,39,40,41);10-11,13,16-18,22,33-34H,4-9H2,1-3H3,(H,25,32)(H,26,35)(H,39,40)(H,41,42)(H2,24,27,28)(H2,36,37,38)/t14-,18-,19-,20?,24-;13-,16-,17-,18?,22-/m11/s1. The second-order valence-corrected chi connectivity index (χ2v) is 34.5. The second-order valence-electron chi connectivity index (χ2n) is 23.6. The highest BCUT2D eigenvalue weighted by Gasteiger charge is 2.53. The molecule has 592 valence electrons. The third kappa shape index (κ3) is 29.0. The molecule has 105 heavy (non-hydrogen) atoms. The Hall–Kier alpha value is -5.21. The minimum Gasteiger partial charge on any atom is -0.386 e. The lowest BCUT2D eigenvalue weighted by Crippen LogP contribution is -2.46. The number of nitrogens with two attached hydrogens (primary N) is 2. The Bertz CT molecular complexity index is 4040. The molecule has 57 heteroatoms. The van der Waals surface area contributed by atoms with Gasteiger partial charge in [-0.15, -0.1) is 0 Å². The topological polar surface area (TPSA) is 744 Å². The predicted octanol–water partition coefficient (Wildman–Crippen LogP) is -2.67. The molecular weight excluding hydrogens is 1580 g/mol. The number of ether oxygens (including phenoxy) is 2. The number of nitrogens with one attached hydrogen (secondary N) is 4. The van der Waals surface area contributed by atoms with Gasteiger partial charge in [-0.25, -0.2) is 57.3 Å². The molecule has 0 aliphatic carbocycles. The maximum atomic E-state index is 12.6. The summed E-state index contributed by atoms with van der Waals surface area (Å²) in [6, 6.07) is 0. The van der Waals surface area contributed by atoms with Crippen LogP contribution in [0.15, 0.2) is 25.3 Å². The van der Waals surface area contributed by atoms with Crippen molar-refractivity contribution in [3.63, 3.8) is 0 Å². The number of Topliss-reactive ketones (excluding diaryl/α,β-unsaturated/α-hetero) is 1. The summed E-state index contributed by atoms with van der Waals surface area (Å²) in [5, 5.41) is 51.9. The minimum atomic E-state index is -5.58. The van der Waals surface area contributed by atoms with E-state index in [0.29, 0.717) is 5.75 Å². The van der Waals surface area contributed by atoms with Gasteiger partial charge < -0.3 is 102 Å². The molecule has 6 unspecified atom stereocenters. The van der Waals surface area contributed by atoms with Crippen LogP contribution in [0.25, 0.3) is 22.3 Å². The molecule has 0 radical (unpaired) electrons. The van der Waals surface area contributed by atoms with Gasteiger partial charge in [0.2, 0.25) is 23.6 Å². The summed E-state index contributed by atoms with van der Waals surface area (Å²) in [7, 11) is -32.8. The van der Waals surface area contributed by atoms with Gasteiger partial charge in [-0.2, -0.15) is 8.62 Å². The van der Waals surface area contributed by atoms with E-state index in [-0.39, 0.29) is 101 Å². The van der Waals surface area contributed by atoms with Gasteiger partial charge >= 0.3 is 46.9 Å². The van der Waals surface area contributed by atoms with Crippen molar-refractivity contribution in [2.45, 2.75) is 122 Å². The molecule has 2 fully saturated rings. The number of thioether (sulfide) groups is 2. The summed E-state index contributed by atoms with van der Waals surface area (Å²) in [6.07, 6.45) is -14.1. The van der Waals surface area contributed by atoms with Gasteiger partial charge in [0, 0.05) is 68.3 Å². The van der Waals surface area contributed by atoms with Crippen LogP contribution in [0.1, 0.15) is 73.3 Å². The Balaban J connectivity index is 0.000000378. The Labute approximate surface area is 601 Å². The zero-order valence-electron chi connectivity index (χ0n) is 55.8. The van der Waals surface area contributed by atoms with E-state index < -0.39 is 169 Å². The molecule has 2 aliphatic heterocycles. The van der Waals surface area contributed by atoms with Crippen LogP contribution in [0.4, 0.5) is 11.6 Å². The smallest absolute Gasteiger partial charge is 0.386 e. The quantitative estimate of drug-likeness (QED) is 0.0123. The number of ketones is 1. The molecule has 6 heterocycles. The third-order valence-corrected chi connectivity index (χ3v) is 21.9. The minimum absolute atomic E-state index is 0.0240. The van der Waals surface area contributed by atoms with E-state index in [2.05, 4.69) is 68.8 Å². The summed E-state index contributed by atoms with van der Waals surface area (Å²) in [5.74, 6) is -2.69. The largest absolute Gasteiger partial charge is 0.481 e. The summed E-state index contributed by atoms with van der Waals surface area (Å²) in [4.78, 5) is 184. The first-order chi connectivity index (χ1) is 48.4. The number of anilines is 2. The molecule has 4 aromatic heterocycles. The van der Waals surface area contributed by atoms with E-state index in [1.54, 1.807) is 0 Å². The molecule has 6 rings (SSSR count). The van der Waals surface area contributed by atoms with Gasteiger partial charge in [0.15, 0.2) is 45.6 Å². The van der Waals surface area contributed by atoms with Crippen LogP contribution in [0.5, 0.6) is 0 Å². The number of nitrogens with zero attached hydrogens (tertiary/aromatic N) is 8. The van der Waals surface area contributed by atoms with Crippen molar-refractivity contribution in [2.24, 2.45) is 10.8 Å². The van der Waals surface area contributed by atoms with E-state index in [1.165, 1.54) is 41.5 Å². The molecule has 2 saturated heterocycles. The van der Waals surface area contributed by atoms with E-state index in [4.69, 9.17) is 39.0 Å². The summed E-state index contributed by atoms with van der Waals surface area (Å²) >= 11 is 1.90. The zero-order chi connectivity index (χ0) is 79.0. The fourth-order valence-corrected chi connectivity index (χ4v) is 15.8. The first-order valence-corrected chi connectivity index (χ1v) is 41.0. The average molecular weight is 1660 g/mol. The fraction of sp³-hybridized carbons (Fsp3) is 0.646. The van der Waals surface area contributed by atoms with Gasteiger partial charge in [-0.05, 0) is 6.92 Å². The van der Waals surface area contributed by atoms with E-state index >= 15 is 0 Å². The second kappa shape index (κ2) is 38.4. The number of carbonyl (C=O) groups excluding carboxylic acids is 7. The van der Waals surface area contributed by atoms with Crippen LogP contribution in [-0.4, -0.2) is 251 Å². The van der Waals surface area contributed by atoms with Gasteiger partial charge in [0.05, 0.1) is 45.5 Å². The fourth-order valence-electron chi connectivity index (χ4n) is 8.87. The molecule has 20 N–H and O–H groups in total. The highest BCUT2D eigenvalue weighted by atomic mass is 32.2. The molecular formula is C48H78N14O35P6S2. The van der Waals surface area contributed by atoms with Crippen LogP contribution < -0.4 is 32.7 Å². The molecule has 0 bridgehead atoms. The number of hydrogen-bond donors (Lipinski definition) is 18. The van der Waals surface area contributed by atoms with Gasteiger partial charge in [0.25, 0.3) is 0 Å². The molecule has 0 aromatic carbocycles. The lowest BCUT2D eigenvalue weighted by molar-refractivity contribution is -0.137. The van der Waals surface area contributed by atoms with Crippen molar-refractivity contribution in [1.82, 2.24) is 60.3 Å². The predicted molar refractivity (Wildman–Crippen MR) is 355 cm³/mol. The number of imidazole rings is 2. The number of aliphatic hydroxyl groups is 4. The summed E-state index contributed by atoms with van der Waals surface area (Å²) in [5.41, 5.74) is 8.48. The average Bonchev–Trinajstić information content (AvgIpc) is 1.63. The number of rotatable bonds is 40. The monoisotopic (exact) mass is 1660 g/mol. The Kier molecular flexibility index (Phi) is 33.1. The zero-order valence-corrected chi connectivity index (χ0v) is 62.8. The molecule has 0 spiro atoms. The van der Waals surface area contributed by atoms with Crippen LogP contribution >= 0.6 is 70.5 Å². The third-order valence-electron chi connectivity index (χ3n) is 14.0. The Morgan fingerprint density at radius 2 is 0.914 bits per heavy atom. The van der Waals surface area contributed by atoms with E-state index in [0.717, 1.165) is 58.0 Å². The maximum Gasteiger partial charge on any atom is 0.481 e. The van der Waals surface area contributed by atoms with Crippen LogP contribution in [0.2, 0.25) is 0 Å². The molecule has 4 amide bonds. The Morgan fingerprint density at radius 1 is 0.552 bits per heavy atom. The number of phosphoric acid groups is 6. The lowest BCUT2D eigenvalue weighted by Gasteiger charge is -2.30. The normalized spacial score (nSPS) is 22.3. The number of nitrogen functional groups attached to an aromatic ring is 2. The van der Waals surface area contributed by atoms with E-state index in [9.17, 15) is 121 Å².